The molecule has 0 aliphatic carbocycles. The second-order valence-corrected chi connectivity index (χ2v) is 3.91. The van der Waals surface area contributed by atoms with Gasteiger partial charge in [0.15, 0.2) is 0 Å². The van der Waals surface area contributed by atoms with Crippen molar-refractivity contribution in [3.8, 4) is 0 Å². The SMILES string of the molecule is CC1CN(Cc2ccco2)CC1N. The maximum absolute atomic E-state index is 5.93. The van der Waals surface area contributed by atoms with E-state index in [1.807, 2.05) is 12.1 Å². The lowest BCUT2D eigenvalue weighted by Gasteiger charge is -2.12. The van der Waals surface area contributed by atoms with Crippen molar-refractivity contribution >= 4 is 0 Å². The topological polar surface area (TPSA) is 42.4 Å². The van der Waals surface area contributed by atoms with Crippen LogP contribution in [0, 0.1) is 5.92 Å². The summed E-state index contributed by atoms with van der Waals surface area (Å²) in [5, 5.41) is 0. The summed E-state index contributed by atoms with van der Waals surface area (Å²) in [6.07, 6.45) is 1.72. The van der Waals surface area contributed by atoms with Crippen molar-refractivity contribution < 1.29 is 4.42 Å². The fourth-order valence-corrected chi connectivity index (χ4v) is 1.85. The molecule has 2 atom stereocenters. The lowest BCUT2D eigenvalue weighted by atomic mass is 10.1. The van der Waals surface area contributed by atoms with Crippen LogP contribution in [0.4, 0.5) is 0 Å². The zero-order valence-corrected chi connectivity index (χ0v) is 7.94. The summed E-state index contributed by atoms with van der Waals surface area (Å²) < 4.78 is 5.28. The highest BCUT2D eigenvalue weighted by atomic mass is 16.3. The van der Waals surface area contributed by atoms with Crippen molar-refractivity contribution in [1.82, 2.24) is 4.90 Å². The van der Waals surface area contributed by atoms with E-state index in [0.29, 0.717) is 12.0 Å². The minimum Gasteiger partial charge on any atom is -0.468 e. The van der Waals surface area contributed by atoms with Gasteiger partial charge in [-0.05, 0) is 18.1 Å². The Morgan fingerprint density at radius 3 is 3.00 bits per heavy atom. The predicted molar refractivity (Wildman–Crippen MR) is 51.1 cm³/mol. The lowest BCUT2D eigenvalue weighted by molar-refractivity contribution is 0.288. The van der Waals surface area contributed by atoms with Crippen molar-refractivity contribution in [3.05, 3.63) is 24.2 Å². The van der Waals surface area contributed by atoms with Gasteiger partial charge in [-0.25, -0.2) is 0 Å². The summed E-state index contributed by atoms with van der Waals surface area (Å²) in [4.78, 5) is 2.34. The highest BCUT2D eigenvalue weighted by Gasteiger charge is 2.26. The molecular weight excluding hydrogens is 164 g/mol. The van der Waals surface area contributed by atoms with E-state index in [2.05, 4.69) is 11.8 Å². The predicted octanol–water partition coefficient (Wildman–Crippen LogP) is 1.06. The van der Waals surface area contributed by atoms with Gasteiger partial charge in [0.25, 0.3) is 0 Å². The molecule has 2 rings (SSSR count). The number of nitrogens with two attached hydrogens (primary N) is 1. The van der Waals surface area contributed by atoms with Gasteiger partial charge in [0.05, 0.1) is 12.8 Å². The third-order valence-electron chi connectivity index (χ3n) is 2.71. The molecule has 1 aromatic rings. The molecule has 1 aromatic heterocycles. The van der Waals surface area contributed by atoms with Crippen LogP contribution in [0.5, 0.6) is 0 Å². The Labute approximate surface area is 78.5 Å². The summed E-state index contributed by atoms with van der Waals surface area (Å²) in [5.74, 6) is 1.64. The first-order valence-electron chi connectivity index (χ1n) is 4.76. The molecule has 72 valence electrons. The number of furan rings is 1. The van der Waals surface area contributed by atoms with Crippen LogP contribution in [0.15, 0.2) is 22.8 Å². The van der Waals surface area contributed by atoms with Crippen molar-refractivity contribution in [1.29, 1.82) is 0 Å². The van der Waals surface area contributed by atoms with Gasteiger partial charge >= 0.3 is 0 Å². The minimum absolute atomic E-state index is 0.329. The van der Waals surface area contributed by atoms with Gasteiger partial charge in [-0.15, -0.1) is 0 Å². The molecule has 13 heavy (non-hydrogen) atoms. The van der Waals surface area contributed by atoms with Crippen molar-refractivity contribution in [2.24, 2.45) is 11.7 Å². The summed E-state index contributed by atoms with van der Waals surface area (Å²) in [7, 11) is 0. The second-order valence-electron chi connectivity index (χ2n) is 3.91. The minimum atomic E-state index is 0.329. The molecule has 0 spiro atoms. The monoisotopic (exact) mass is 180 g/mol. The largest absolute Gasteiger partial charge is 0.468 e. The Morgan fingerprint density at radius 1 is 1.62 bits per heavy atom. The quantitative estimate of drug-likeness (QED) is 0.740. The number of likely N-dealkylation sites (tertiary alicyclic amines) is 1. The highest BCUT2D eigenvalue weighted by Crippen LogP contribution is 2.17. The molecule has 0 saturated carbocycles. The van der Waals surface area contributed by atoms with Gasteiger partial charge in [0.1, 0.15) is 5.76 Å². The molecule has 2 N–H and O–H groups in total. The molecule has 2 heterocycles. The van der Waals surface area contributed by atoms with Crippen LogP contribution < -0.4 is 5.73 Å². The zero-order chi connectivity index (χ0) is 9.26. The van der Waals surface area contributed by atoms with E-state index in [1.54, 1.807) is 6.26 Å². The van der Waals surface area contributed by atoms with Crippen LogP contribution >= 0.6 is 0 Å². The summed E-state index contributed by atoms with van der Waals surface area (Å²) in [6.45, 7) is 5.17. The fraction of sp³-hybridized carbons (Fsp3) is 0.600. The molecule has 1 aliphatic heterocycles. The van der Waals surface area contributed by atoms with Crippen LogP contribution in [0.3, 0.4) is 0 Å². The number of nitrogens with zero attached hydrogens (tertiary/aromatic N) is 1. The summed E-state index contributed by atoms with van der Waals surface area (Å²) in [5.41, 5.74) is 5.93. The molecule has 3 heteroatoms. The van der Waals surface area contributed by atoms with Crippen molar-refractivity contribution in [3.63, 3.8) is 0 Å². The first-order chi connectivity index (χ1) is 6.25. The average Bonchev–Trinajstić information content (AvgIpc) is 2.64. The number of rotatable bonds is 2. The van der Waals surface area contributed by atoms with E-state index in [9.17, 15) is 0 Å². The third kappa shape index (κ3) is 1.92. The van der Waals surface area contributed by atoms with Crippen molar-refractivity contribution in [2.75, 3.05) is 13.1 Å². The van der Waals surface area contributed by atoms with Crippen LogP contribution in [0.2, 0.25) is 0 Å². The van der Waals surface area contributed by atoms with Crippen LogP contribution in [-0.2, 0) is 6.54 Å². The average molecular weight is 180 g/mol. The second kappa shape index (κ2) is 3.52. The van der Waals surface area contributed by atoms with E-state index >= 15 is 0 Å². The first-order valence-corrected chi connectivity index (χ1v) is 4.76. The molecule has 0 radical (unpaired) electrons. The van der Waals surface area contributed by atoms with E-state index < -0.39 is 0 Å². The smallest absolute Gasteiger partial charge is 0.117 e. The molecule has 2 unspecified atom stereocenters. The molecule has 1 saturated heterocycles. The van der Waals surface area contributed by atoms with Gasteiger partial charge in [-0.3, -0.25) is 4.90 Å². The Hall–Kier alpha value is -0.800. The molecule has 3 nitrogen and oxygen atoms in total. The standard InChI is InChI=1S/C10H16N2O/c1-8-5-12(7-10(8)11)6-9-3-2-4-13-9/h2-4,8,10H,5-7,11H2,1H3. The number of hydrogen-bond donors (Lipinski definition) is 1. The lowest BCUT2D eigenvalue weighted by Crippen LogP contribution is -2.28. The Kier molecular flexibility index (Phi) is 2.38. The summed E-state index contributed by atoms with van der Waals surface area (Å²) in [6, 6.07) is 4.26. The van der Waals surface area contributed by atoms with Crippen LogP contribution in [0.1, 0.15) is 12.7 Å². The maximum atomic E-state index is 5.93. The van der Waals surface area contributed by atoms with E-state index in [4.69, 9.17) is 10.2 Å². The summed E-state index contributed by atoms with van der Waals surface area (Å²) >= 11 is 0. The number of hydrogen-bond acceptors (Lipinski definition) is 3. The molecule has 0 amide bonds. The van der Waals surface area contributed by atoms with Gasteiger partial charge in [-0.1, -0.05) is 6.92 Å². The van der Waals surface area contributed by atoms with E-state index in [-0.39, 0.29) is 0 Å². The molecule has 1 fully saturated rings. The third-order valence-corrected chi connectivity index (χ3v) is 2.71. The van der Waals surface area contributed by atoms with Gasteiger partial charge in [-0.2, -0.15) is 0 Å². The van der Waals surface area contributed by atoms with E-state index in [1.165, 1.54) is 0 Å². The molecule has 1 aliphatic rings. The zero-order valence-electron chi connectivity index (χ0n) is 7.94. The Balaban J connectivity index is 1.91. The van der Waals surface area contributed by atoms with E-state index in [0.717, 1.165) is 25.4 Å². The molecular formula is C10H16N2O. The highest BCUT2D eigenvalue weighted by molar-refractivity contribution is 4.99. The van der Waals surface area contributed by atoms with Crippen molar-refractivity contribution in [2.45, 2.75) is 19.5 Å². The fourth-order valence-electron chi connectivity index (χ4n) is 1.85. The van der Waals surface area contributed by atoms with Crippen LogP contribution in [0.25, 0.3) is 0 Å². The van der Waals surface area contributed by atoms with Gasteiger partial charge in [0, 0.05) is 19.1 Å². The van der Waals surface area contributed by atoms with Gasteiger partial charge < -0.3 is 10.2 Å². The van der Waals surface area contributed by atoms with Gasteiger partial charge in [0.2, 0.25) is 0 Å². The Morgan fingerprint density at radius 2 is 2.46 bits per heavy atom. The Bertz CT molecular complexity index is 248. The normalized spacial score (nSPS) is 29.7. The molecule has 0 aromatic carbocycles. The first kappa shape index (κ1) is 8.78. The van der Waals surface area contributed by atoms with Crippen LogP contribution in [-0.4, -0.2) is 24.0 Å². The molecule has 0 bridgehead atoms. The maximum Gasteiger partial charge on any atom is 0.117 e.